The maximum absolute atomic E-state index is 12.6. The van der Waals surface area contributed by atoms with Crippen molar-refractivity contribution in [2.45, 2.75) is 20.0 Å². The zero-order valence-corrected chi connectivity index (χ0v) is 12.9. The van der Waals surface area contributed by atoms with Crippen molar-refractivity contribution in [3.05, 3.63) is 53.0 Å². The highest BCUT2D eigenvalue weighted by Crippen LogP contribution is 2.30. The van der Waals surface area contributed by atoms with E-state index in [1.165, 1.54) is 18.2 Å². The molecule has 1 amide bonds. The highest BCUT2D eigenvalue weighted by molar-refractivity contribution is 5.96. The van der Waals surface area contributed by atoms with Crippen molar-refractivity contribution in [1.29, 1.82) is 0 Å². The number of halogens is 3. The molecule has 0 radical (unpaired) electrons. The van der Waals surface area contributed by atoms with E-state index >= 15 is 0 Å². The monoisotopic (exact) mass is 341 g/mol. The first-order valence-electron chi connectivity index (χ1n) is 6.88. The number of esters is 1. The fraction of sp³-hybridized carbons (Fsp3) is 0.250. The van der Waals surface area contributed by atoms with Gasteiger partial charge in [0.05, 0.1) is 5.56 Å². The molecule has 0 bridgehead atoms. The van der Waals surface area contributed by atoms with Gasteiger partial charge in [0.1, 0.15) is 17.1 Å². The van der Waals surface area contributed by atoms with Crippen molar-refractivity contribution in [3.8, 4) is 0 Å². The molecule has 5 nitrogen and oxygen atoms in total. The standard InChI is InChI=1S/C16H14F3NO4/c1-9-6-13(10(2)24-9)15(22)23-8-14(21)20-12-5-3-4-11(7-12)16(17,18)19/h3-7H,8H2,1-2H3,(H,20,21). The van der Waals surface area contributed by atoms with E-state index in [2.05, 4.69) is 5.32 Å². The molecule has 0 saturated heterocycles. The van der Waals surface area contributed by atoms with Crippen LogP contribution in [0.2, 0.25) is 0 Å². The molecule has 1 aromatic heterocycles. The summed E-state index contributed by atoms with van der Waals surface area (Å²) in [6.45, 7) is 2.61. The largest absolute Gasteiger partial charge is 0.466 e. The number of hydrogen-bond acceptors (Lipinski definition) is 4. The summed E-state index contributed by atoms with van der Waals surface area (Å²) in [5.74, 6) is -0.618. The zero-order chi connectivity index (χ0) is 17.9. The number of carbonyl (C=O) groups excluding carboxylic acids is 2. The summed E-state index contributed by atoms with van der Waals surface area (Å²) in [7, 11) is 0. The van der Waals surface area contributed by atoms with Gasteiger partial charge in [-0.25, -0.2) is 4.79 Å². The fourth-order valence-corrected chi connectivity index (χ4v) is 2.01. The number of carbonyl (C=O) groups is 2. The predicted molar refractivity (Wildman–Crippen MR) is 78.5 cm³/mol. The van der Waals surface area contributed by atoms with Crippen molar-refractivity contribution in [2.75, 3.05) is 11.9 Å². The summed E-state index contributed by atoms with van der Waals surface area (Å²) in [4.78, 5) is 23.5. The molecule has 0 aliphatic rings. The highest BCUT2D eigenvalue weighted by atomic mass is 19.4. The lowest BCUT2D eigenvalue weighted by molar-refractivity contribution is -0.137. The molecule has 24 heavy (non-hydrogen) atoms. The summed E-state index contributed by atoms with van der Waals surface area (Å²) in [6, 6.07) is 5.63. The van der Waals surface area contributed by atoms with Crippen LogP contribution < -0.4 is 5.32 Å². The normalized spacial score (nSPS) is 11.2. The van der Waals surface area contributed by atoms with Crippen LogP contribution in [0.5, 0.6) is 0 Å². The molecule has 0 atom stereocenters. The quantitative estimate of drug-likeness (QED) is 0.861. The van der Waals surface area contributed by atoms with Crippen molar-refractivity contribution in [2.24, 2.45) is 0 Å². The molecule has 0 aliphatic heterocycles. The van der Waals surface area contributed by atoms with Crippen LogP contribution in [0.15, 0.2) is 34.7 Å². The Bertz CT molecular complexity index is 765. The van der Waals surface area contributed by atoms with Crippen LogP contribution >= 0.6 is 0 Å². The summed E-state index contributed by atoms with van der Waals surface area (Å²) in [5, 5.41) is 2.24. The van der Waals surface area contributed by atoms with Gasteiger partial charge in [0.2, 0.25) is 0 Å². The number of alkyl halides is 3. The number of benzene rings is 1. The number of aryl methyl sites for hydroxylation is 2. The summed E-state index contributed by atoms with van der Waals surface area (Å²) >= 11 is 0. The molecule has 128 valence electrons. The van der Waals surface area contributed by atoms with Gasteiger partial charge in [-0.3, -0.25) is 4.79 Å². The van der Waals surface area contributed by atoms with Gasteiger partial charge < -0.3 is 14.5 Å². The molecular formula is C16H14F3NO4. The smallest absolute Gasteiger partial charge is 0.416 e. The van der Waals surface area contributed by atoms with E-state index in [9.17, 15) is 22.8 Å². The van der Waals surface area contributed by atoms with Crippen LogP contribution in [0.4, 0.5) is 18.9 Å². The van der Waals surface area contributed by atoms with E-state index in [1.54, 1.807) is 13.8 Å². The van der Waals surface area contributed by atoms with Gasteiger partial charge in [0.25, 0.3) is 5.91 Å². The lowest BCUT2D eigenvalue weighted by atomic mass is 10.2. The number of ether oxygens (including phenoxy) is 1. The molecule has 1 heterocycles. The SMILES string of the molecule is Cc1cc(C(=O)OCC(=O)Nc2cccc(C(F)(F)F)c2)c(C)o1. The van der Waals surface area contributed by atoms with Crippen molar-refractivity contribution >= 4 is 17.6 Å². The van der Waals surface area contributed by atoms with E-state index in [-0.39, 0.29) is 11.3 Å². The molecule has 2 rings (SSSR count). The first kappa shape index (κ1) is 17.6. The minimum atomic E-state index is -4.51. The molecule has 0 fully saturated rings. The van der Waals surface area contributed by atoms with Gasteiger partial charge >= 0.3 is 12.1 Å². The van der Waals surface area contributed by atoms with E-state index in [1.807, 2.05) is 0 Å². The van der Waals surface area contributed by atoms with Gasteiger partial charge in [0, 0.05) is 5.69 Å². The number of furan rings is 1. The second kappa shape index (κ2) is 6.77. The minimum Gasteiger partial charge on any atom is -0.466 e. The Morgan fingerprint density at radius 3 is 2.50 bits per heavy atom. The third-order valence-corrected chi connectivity index (χ3v) is 3.07. The second-order valence-electron chi connectivity index (χ2n) is 5.03. The maximum atomic E-state index is 12.6. The number of anilines is 1. The van der Waals surface area contributed by atoms with Crippen LogP contribution in [0.3, 0.4) is 0 Å². The van der Waals surface area contributed by atoms with E-state index < -0.39 is 30.2 Å². The van der Waals surface area contributed by atoms with E-state index in [0.29, 0.717) is 11.5 Å². The molecule has 0 saturated carbocycles. The molecule has 1 N–H and O–H groups in total. The average molecular weight is 341 g/mol. The fourth-order valence-electron chi connectivity index (χ4n) is 2.01. The Kier molecular flexibility index (Phi) is 4.96. The van der Waals surface area contributed by atoms with Gasteiger partial charge in [-0.05, 0) is 38.1 Å². The van der Waals surface area contributed by atoms with Gasteiger partial charge in [-0.15, -0.1) is 0 Å². The van der Waals surface area contributed by atoms with Gasteiger partial charge in [0.15, 0.2) is 6.61 Å². The van der Waals surface area contributed by atoms with Crippen LogP contribution in [0.1, 0.15) is 27.4 Å². The molecule has 0 aliphatic carbocycles. The number of hydrogen-bond donors (Lipinski definition) is 1. The summed E-state index contributed by atoms with van der Waals surface area (Å²) in [5.41, 5.74) is -0.734. The van der Waals surface area contributed by atoms with Crippen LogP contribution in [0, 0.1) is 13.8 Å². The molecule has 1 aromatic carbocycles. The summed E-state index contributed by atoms with van der Waals surface area (Å²) < 4.78 is 47.8. The Morgan fingerprint density at radius 1 is 1.21 bits per heavy atom. The number of amides is 1. The highest BCUT2D eigenvalue weighted by Gasteiger charge is 2.30. The molecular weight excluding hydrogens is 327 g/mol. The molecule has 0 spiro atoms. The molecule has 2 aromatic rings. The van der Waals surface area contributed by atoms with Gasteiger partial charge in [-0.2, -0.15) is 13.2 Å². The number of rotatable bonds is 4. The lowest BCUT2D eigenvalue weighted by Crippen LogP contribution is -2.21. The van der Waals surface area contributed by atoms with E-state index in [4.69, 9.17) is 9.15 Å². The Hall–Kier alpha value is -2.77. The van der Waals surface area contributed by atoms with Gasteiger partial charge in [-0.1, -0.05) is 6.07 Å². The molecule has 0 unspecified atom stereocenters. The Balaban J connectivity index is 1.94. The topological polar surface area (TPSA) is 68.5 Å². The Morgan fingerprint density at radius 2 is 1.92 bits per heavy atom. The molecule has 8 heteroatoms. The zero-order valence-electron chi connectivity index (χ0n) is 12.9. The third-order valence-electron chi connectivity index (χ3n) is 3.07. The van der Waals surface area contributed by atoms with Crippen molar-refractivity contribution < 1.29 is 31.9 Å². The first-order valence-corrected chi connectivity index (χ1v) is 6.88. The lowest BCUT2D eigenvalue weighted by Gasteiger charge is -2.10. The maximum Gasteiger partial charge on any atom is 0.416 e. The van der Waals surface area contributed by atoms with Crippen LogP contribution in [0.25, 0.3) is 0 Å². The summed E-state index contributed by atoms with van der Waals surface area (Å²) in [6.07, 6.45) is -4.51. The minimum absolute atomic E-state index is 0.0405. The van der Waals surface area contributed by atoms with E-state index in [0.717, 1.165) is 12.1 Å². The average Bonchev–Trinajstić information content (AvgIpc) is 2.83. The third kappa shape index (κ3) is 4.37. The van der Waals surface area contributed by atoms with Crippen molar-refractivity contribution in [1.82, 2.24) is 0 Å². The second-order valence-corrected chi connectivity index (χ2v) is 5.03. The predicted octanol–water partition coefficient (Wildman–Crippen LogP) is 3.71. The first-order chi connectivity index (χ1) is 11.2. The van der Waals surface area contributed by atoms with Crippen molar-refractivity contribution in [3.63, 3.8) is 0 Å². The number of nitrogens with one attached hydrogen (secondary N) is 1. The van der Waals surface area contributed by atoms with Crippen LogP contribution in [-0.2, 0) is 15.7 Å². The van der Waals surface area contributed by atoms with Crippen LogP contribution in [-0.4, -0.2) is 18.5 Å². The Labute approximate surface area is 135 Å².